The zero-order valence-corrected chi connectivity index (χ0v) is 8.75. The summed E-state index contributed by atoms with van der Waals surface area (Å²) in [7, 11) is 0. The van der Waals surface area contributed by atoms with Gasteiger partial charge >= 0.3 is 0 Å². The maximum atomic E-state index is 8.88. The quantitative estimate of drug-likeness (QED) is 0.712. The van der Waals surface area contributed by atoms with Gasteiger partial charge in [-0.2, -0.15) is 5.26 Å². The number of nitrogens with zero attached hydrogens (tertiary/aromatic N) is 2. The van der Waals surface area contributed by atoms with Gasteiger partial charge in [0.1, 0.15) is 0 Å². The van der Waals surface area contributed by atoms with Crippen LogP contribution < -0.4 is 0 Å². The lowest BCUT2D eigenvalue weighted by molar-refractivity contribution is 0.933. The molecule has 0 atom stereocenters. The van der Waals surface area contributed by atoms with Crippen LogP contribution in [0.15, 0.2) is 30.1 Å². The number of rotatable bonds is 3. The minimum atomic E-state index is 0.539. The molecule has 0 N–H and O–H groups in total. The van der Waals surface area contributed by atoms with Crippen molar-refractivity contribution >= 4 is 16.6 Å². The van der Waals surface area contributed by atoms with Crippen LogP contribution in [0.4, 0.5) is 0 Å². The molecule has 0 saturated heterocycles. The second kappa shape index (κ2) is 5.41. The van der Waals surface area contributed by atoms with Gasteiger partial charge in [0.2, 0.25) is 0 Å². The second-order valence-corrected chi connectivity index (χ2v) is 3.27. The molecule has 0 unspecified atom stereocenters. The van der Waals surface area contributed by atoms with Gasteiger partial charge in [-0.3, -0.25) is 4.98 Å². The van der Waals surface area contributed by atoms with Crippen LogP contribution >= 0.6 is 11.6 Å². The molecule has 1 aromatic rings. The van der Waals surface area contributed by atoms with Crippen LogP contribution in [0.5, 0.6) is 0 Å². The number of nitriles is 1. The molecule has 1 heterocycles. The lowest BCUT2D eigenvalue weighted by Gasteiger charge is -2.01. The molecule has 0 fully saturated rings. The Labute approximate surface area is 88.8 Å². The van der Waals surface area contributed by atoms with Crippen LogP contribution in [0.1, 0.15) is 25.3 Å². The summed E-state index contributed by atoms with van der Waals surface area (Å²) in [6, 6.07) is 5.73. The minimum absolute atomic E-state index is 0.539. The molecule has 1 rings (SSSR count). The maximum Gasteiger partial charge on any atom is 0.0962 e. The third kappa shape index (κ3) is 2.58. The average molecular weight is 207 g/mol. The summed E-state index contributed by atoms with van der Waals surface area (Å²) in [5.41, 5.74) is 1.49. The van der Waals surface area contributed by atoms with Gasteiger partial charge in [0.15, 0.2) is 0 Å². The molecule has 0 aliphatic carbocycles. The van der Waals surface area contributed by atoms with E-state index in [1.54, 1.807) is 24.5 Å². The number of allylic oxidation sites excluding steroid dienone is 1. The van der Waals surface area contributed by atoms with Crippen LogP contribution in [0, 0.1) is 11.3 Å². The highest BCUT2D eigenvalue weighted by atomic mass is 35.5. The zero-order valence-electron chi connectivity index (χ0n) is 8.00. The maximum absolute atomic E-state index is 8.88. The summed E-state index contributed by atoms with van der Waals surface area (Å²) in [4.78, 5) is 3.89. The Balaban J connectivity index is 3.03. The monoisotopic (exact) mass is 206 g/mol. The lowest BCUT2D eigenvalue weighted by Crippen LogP contribution is -1.85. The topological polar surface area (TPSA) is 36.7 Å². The van der Waals surface area contributed by atoms with E-state index in [-0.39, 0.29) is 0 Å². The van der Waals surface area contributed by atoms with E-state index < -0.39 is 0 Å². The average Bonchev–Trinajstić information content (AvgIpc) is 2.26. The Morgan fingerprint density at radius 3 is 2.64 bits per heavy atom. The van der Waals surface area contributed by atoms with Crippen molar-refractivity contribution in [1.82, 2.24) is 4.98 Å². The van der Waals surface area contributed by atoms with E-state index in [0.717, 1.165) is 18.4 Å². The van der Waals surface area contributed by atoms with Crippen LogP contribution in [-0.2, 0) is 0 Å². The van der Waals surface area contributed by atoms with Gasteiger partial charge in [0.25, 0.3) is 0 Å². The van der Waals surface area contributed by atoms with Crippen molar-refractivity contribution < 1.29 is 0 Å². The molecule has 0 radical (unpaired) electrons. The van der Waals surface area contributed by atoms with Crippen molar-refractivity contribution in [3.8, 4) is 6.07 Å². The third-order valence-corrected chi connectivity index (χ3v) is 2.28. The van der Waals surface area contributed by atoms with E-state index in [0.29, 0.717) is 10.6 Å². The second-order valence-electron chi connectivity index (χ2n) is 2.89. The van der Waals surface area contributed by atoms with E-state index in [1.165, 1.54) is 0 Å². The highest BCUT2D eigenvalue weighted by molar-refractivity contribution is 6.49. The van der Waals surface area contributed by atoms with Gasteiger partial charge in [-0.1, -0.05) is 24.9 Å². The summed E-state index contributed by atoms with van der Waals surface area (Å²) in [6.07, 6.45) is 4.97. The molecule has 0 aliphatic heterocycles. The number of hydrogen-bond acceptors (Lipinski definition) is 2. The normalized spacial score (nSPS) is 11.8. The van der Waals surface area contributed by atoms with Crippen LogP contribution in [0.3, 0.4) is 0 Å². The largest absolute Gasteiger partial charge is 0.265 e. The van der Waals surface area contributed by atoms with Crippen LogP contribution in [-0.4, -0.2) is 4.98 Å². The Morgan fingerprint density at radius 2 is 2.14 bits per heavy atom. The summed E-state index contributed by atoms with van der Waals surface area (Å²) in [5.74, 6) is 0. The number of halogens is 1. The molecule has 0 aliphatic rings. The Bertz CT molecular complexity index is 363. The molecule has 0 amide bonds. The smallest absolute Gasteiger partial charge is 0.0962 e. The minimum Gasteiger partial charge on any atom is -0.265 e. The molecule has 2 nitrogen and oxygen atoms in total. The number of hydrogen-bond donors (Lipinski definition) is 0. The summed E-state index contributed by atoms with van der Waals surface area (Å²) >= 11 is 6.08. The Kier molecular flexibility index (Phi) is 4.15. The first-order valence-electron chi connectivity index (χ1n) is 4.48. The molecule has 72 valence electrons. The number of aromatic nitrogens is 1. The molecule has 0 spiro atoms. The van der Waals surface area contributed by atoms with E-state index >= 15 is 0 Å². The van der Waals surface area contributed by atoms with E-state index in [2.05, 4.69) is 11.1 Å². The number of pyridine rings is 1. The molecule has 0 aromatic carbocycles. The fraction of sp³-hybridized carbons (Fsp3) is 0.273. The summed E-state index contributed by atoms with van der Waals surface area (Å²) < 4.78 is 0. The summed E-state index contributed by atoms with van der Waals surface area (Å²) in [5, 5.41) is 9.42. The molecule has 3 heteroatoms. The lowest BCUT2D eigenvalue weighted by atomic mass is 10.1. The standard InChI is InChI=1S/C11H11ClN2/c1-2-3-10(8-13)11(12)9-4-6-14-7-5-9/h4-7H,2-3H2,1H3. The van der Waals surface area contributed by atoms with Crippen molar-refractivity contribution in [3.63, 3.8) is 0 Å². The summed E-state index contributed by atoms with van der Waals surface area (Å²) in [6.45, 7) is 2.02. The van der Waals surface area contributed by atoms with Crippen molar-refractivity contribution in [2.45, 2.75) is 19.8 Å². The van der Waals surface area contributed by atoms with Crippen molar-refractivity contribution in [2.24, 2.45) is 0 Å². The third-order valence-electron chi connectivity index (χ3n) is 1.83. The molecule has 1 aromatic heterocycles. The highest BCUT2D eigenvalue weighted by Gasteiger charge is 2.05. The first-order chi connectivity index (χ1) is 6.79. The molecular formula is C11H11ClN2. The Morgan fingerprint density at radius 1 is 1.50 bits per heavy atom. The van der Waals surface area contributed by atoms with Crippen LogP contribution in [0.2, 0.25) is 0 Å². The zero-order chi connectivity index (χ0) is 10.4. The predicted octanol–water partition coefficient (Wildman–Crippen LogP) is 3.36. The SMILES string of the molecule is CCCC(C#N)=C(Cl)c1ccncc1. The first kappa shape index (κ1) is 10.7. The van der Waals surface area contributed by atoms with E-state index in [4.69, 9.17) is 16.9 Å². The van der Waals surface area contributed by atoms with Gasteiger partial charge in [0.05, 0.1) is 11.1 Å². The van der Waals surface area contributed by atoms with Gasteiger partial charge in [0, 0.05) is 18.0 Å². The van der Waals surface area contributed by atoms with Crippen molar-refractivity contribution in [2.75, 3.05) is 0 Å². The van der Waals surface area contributed by atoms with Crippen molar-refractivity contribution in [1.29, 1.82) is 5.26 Å². The fourth-order valence-electron chi connectivity index (χ4n) is 1.14. The van der Waals surface area contributed by atoms with E-state index in [9.17, 15) is 0 Å². The van der Waals surface area contributed by atoms with Gasteiger partial charge < -0.3 is 0 Å². The van der Waals surface area contributed by atoms with Gasteiger partial charge in [-0.25, -0.2) is 0 Å². The molecule has 14 heavy (non-hydrogen) atoms. The Hall–Kier alpha value is -1.33. The predicted molar refractivity (Wildman–Crippen MR) is 57.5 cm³/mol. The highest BCUT2D eigenvalue weighted by Crippen LogP contribution is 2.24. The van der Waals surface area contributed by atoms with Gasteiger partial charge in [-0.15, -0.1) is 0 Å². The van der Waals surface area contributed by atoms with Gasteiger partial charge in [-0.05, 0) is 24.1 Å². The molecular weight excluding hydrogens is 196 g/mol. The van der Waals surface area contributed by atoms with Crippen LogP contribution in [0.25, 0.3) is 5.03 Å². The molecule has 0 bridgehead atoms. The van der Waals surface area contributed by atoms with E-state index in [1.807, 2.05) is 6.92 Å². The fourth-order valence-corrected chi connectivity index (χ4v) is 1.40. The molecule has 0 saturated carbocycles. The first-order valence-corrected chi connectivity index (χ1v) is 4.86. The van der Waals surface area contributed by atoms with Crippen molar-refractivity contribution in [3.05, 3.63) is 35.7 Å².